The molecule has 2 aromatic rings. The molecule has 1 aromatic carbocycles. The number of methoxy groups -OCH3 is 1. The van der Waals surface area contributed by atoms with Crippen molar-refractivity contribution >= 4 is 34.4 Å². The van der Waals surface area contributed by atoms with Gasteiger partial charge in [-0.2, -0.15) is 0 Å². The van der Waals surface area contributed by atoms with E-state index in [9.17, 15) is 9.59 Å². The van der Waals surface area contributed by atoms with Crippen molar-refractivity contribution in [2.45, 2.75) is 6.92 Å². The second kappa shape index (κ2) is 6.26. The average Bonchev–Trinajstić information content (AvgIpc) is 3.16. The number of carbonyl (C=O) groups is 2. The maximum atomic E-state index is 12.6. The molecule has 0 spiro atoms. The molecule has 1 aromatic heterocycles. The summed E-state index contributed by atoms with van der Waals surface area (Å²) in [7, 11) is 1.56. The number of likely N-dealkylation sites (N-methyl/N-ethyl adjacent to an activating group) is 1. The van der Waals surface area contributed by atoms with Gasteiger partial charge in [0.15, 0.2) is 0 Å². The summed E-state index contributed by atoms with van der Waals surface area (Å²) in [5.41, 5.74) is 1.36. The van der Waals surface area contributed by atoms with Crippen LogP contribution in [0, 0.1) is 0 Å². The van der Waals surface area contributed by atoms with Crippen LogP contribution in [0.1, 0.15) is 11.8 Å². The lowest BCUT2D eigenvalue weighted by atomic mass is 10.2. The molecule has 0 unspecified atom stereocenters. The lowest BCUT2D eigenvalue weighted by Crippen LogP contribution is -2.32. The molecule has 6 heteroatoms. The molecule has 3 rings (SSSR count). The quantitative estimate of drug-likeness (QED) is 0.857. The van der Waals surface area contributed by atoms with Crippen molar-refractivity contribution in [3.63, 3.8) is 0 Å². The minimum atomic E-state index is -0.313. The number of carbonyl (C=O) groups excluding carboxylic acids is 2. The first-order valence-corrected chi connectivity index (χ1v) is 8.09. The number of nitrogens with zero attached hydrogens (tertiary/aromatic N) is 1. The van der Waals surface area contributed by atoms with E-state index in [1.165, 1.54) is 16.2 Å². The number of imide groups is 1. The highest BCUT2D eigenvalue weighted by atomic mass is 32.1. The van der Waals surface area contributed by atoms with Gasteiger partial charge in [0.25, 0.3) is 11.8 Å². The third-order valence-electron chi connectivity index (χ3n) is 3.62. The van der Waals surface area contributed by atoms with E-state index in [0.717, 1.165) is 4.88 Å². The Balaban J connectivity index is 2.08. The average molecular weight is 328 g/mol. The minimum Gasteiger partial charge on any atom is -0.495 e. The number of hydrogen-bond donors (Lipinski definition) is 1. The Kier molecular flexibility index (Phi) is 4.16. The number of para-hydroxylation sites is 2. The molecular weight excluding hydrogens is 312 g/mol. The molecule has 23 heavy (non-hydrogen) atoms. The molecule has 0 bridgehead atoms. The first kappa shape index (κ1) is 15.3. The molecular formula is C17H16N2O3S. The van der Waals surface area contributed by atoms with Gasteiger partial charge in [-0.3, -0.25) is 14.5 Å². The first-order chi connectivity index (χ1) is 11.2. The van der Waals surface area contributed by atoms with Crippen molar-refractivity contribution < 1.29 is 14.3 Å². The summed E-state index contributed by atoms with van der Waals surface area (Å²) in [6.45, 7) is 2.12. The molecule has 2 amide bonds. The summed E-state index contributed by atoms with van der Waals surface area (Å²) in [5.74, 6) is 0.0323. The maximum absolute atomic E-state index is 12.6. The number of ether oxygens (including phenoxy) is 1. The third-order valence-corrected chi connectivity index (χ3v) is 4.51. The van der Waals surface area contributed by atoms with Crippen molar-refractivity contribution in [3.8, 4) is 5.75 Å². The van der Waals surface area contributed by atoms with Crippen molar-refractivity contribution in [1.82, 2.24) is 4.90 Å². The van der Waals surface area contributed by atoms with E-state index in [1.807, 2.05) is 35.7 Å². The molecule has 1 aliphatic rings. The second-order valence-corrected chi connectivity index (χ2v) is 5.85. The predicted molar refractivity (Wildman–Crippen MR) is 90.2 cm³/mol. The van der Waals surface area contributed by atoms with Crippen LogP contribution in [-0.4, -0.2) is 30.4 Å². The zero-order valence-corrected chi connectivity index (χ0v) is 13.6. The summed E-state index contributed by atoms with van der Waals surface area (Å²) in [4.78, 5) is 27.2. The van der Waals surface area contributed by atoms with E-state index in [2.05, 4.69) is 5.32 Å². The zero-order chi connectivity index (χ0) is 16.4. The van der Waals surface area contributed by atoms with Crippen LogP contribution in [0.25, 0.3) is 5.57 Å². The van der Waals surface area contributed by atoms with Gasteiger partial charge in [0.1, 0.15) is 11.4 Å². The van der Waals surface area contributed by atoms with E-state index in [-0.39, 0.29) is 11.8 Å². The molecule has 1 aliphatic heterocycles. The summed E-state index contributed by atoms with van der Waals surface area (Å²) >= 11 is 1.43. The van der Waals surface area contributed by atoms with Crippen molar-refractivity contribution in [1.29, 1.82) is 0 Å². The highest BCUT2D eigenvalue weighted by molar-refractivity contribution is 7.11. The van der Waals surface area contributed by atoms with E-state index >= 15 is 0 Å². The van der Waals surface area contributed by atoms with Crippen LogP contribution in [0.2, 0.25) is 0 Å². The summed E-state index contributed by atoms with van der Waals surface area (Å²) in [6, 6.07) is 11.0. The minimum absolute atomic E-state index is 0.266. The van der Waals surface area contributed by atoms with Crippen LogP contribution in [0.5, 0.6) is 5.75 Å². The van der Waals surface area contributed by atoms with Gasteiger partial charge in [-0.25, -0.2) is 0 Å². The van der Waals surface area contributed by atoms with Crippen LogP contribution in [-0.2, 0) is 9.59 Å². The van der Waals surface area contributed by atoms with Crippen molar-refractivity contribution in [2.75, 3.05) is 19.0 Å². The number of anilines is 1. The Morgan fingerprint density at radius 1 is 1.13 bits per heavy atom. The largest absolute Gasteiger partial charge is 0.495 e. The van der Waals surface area contributed by atoms with Gasteiger partial charge in [0.2, 0.25) is 0 Å². The molecule has 0 saturated heterocycles. The fourth-order valence-electron chi connectivity index (χ4n) is 2.51. The third kappa shape index (κ3) is 2.61. The Labute approximate surface area is 138 Å². The molecule has 0 aliphatic carbocycles. The van der Waals surface area contributed by atoms with Crippen molar-refractivity contribution in [3.05, 3.63) is 52.4 Å². The smallest absolute Gasteiger partial charge is 0.278 e. The van der Waals surface area contributed by atoms with Gasteiger partial charge in [0, 0.05) is 11.4 Å². The molecule has 0 fully saturated rings. The number of nitrogens with one attached hydrogen (secondary N) is 1. The van der Waals surface area contributed by atoms with Gasteiger partial charge >= 0.3 is 0 Å². The standard InChI is InChI=1S/C17H16N2O3S/c1-3-19-16(20)14(13-9-6-10-23-13)15(17(19)21)18-11-7-4-5-8-12(11)22-2/h4-10,18H,3H2,1-2H3. The lowest BCUT2D eigenvalue weighted by Gasteiger charge is -2.13. The summed E-state index contributed by atoms with van der Waals surface area (Å²) < 4.78 is 5.30. The van der Waals surface area contributed by atoms with Crippen LogP contribution in [0.3, 0.4) is 0 Å². The van der Waals surface area contributed by atoms with Gasteiger partial charge in [-0.15, -0.1) is 11.3 Å². The molecule has 118 valence electrons. The molecule has 1 N–H and O–H groups in total. The molecule has 0 saturated carbocycles. The topological polar surface area (TPSA) is 58.6 Å². The number of benzene rings is 1. The maximum Gasteiger partial charge on any atom is 0.278 e. The Hall–Kier alpha value is -2.60. The monoisotopic (exact) mass is 328 g/mol. The Morgan fingerprint density at radius 3 is 2.57 bits per heavy atom. The summed E-state index contributed by atoms with van der Waals surface area (Å²) in [6.07, 6.45) is 0. The van der Waals surface area contributed by atoms with Gasteiger partial charge in [0.05, 0.1) is 18.4 Å². The van der Waals surface area contributed by atoms with Crippen molar-refractivity contribution in [2.24, 2.45) is 0 Å². The zero-order valence-electron chi connectivity index (χ0n) is 12.8. The van der Waals surface area contributed by atoms with E-state index in [0.29, 0.717) is 29.3 Å². The normalized spacial score (nSPS) is 14.6. The van der Waals surface area contributed by atoms with Crippen LogP contribution in [0.4, 0.5) is 5.69 Å². The highest BCUT2D eigenvalue weighted by Gasteiger charge is 2.38. The van der Waals surface area contributed by atoms with Crippen LogP contribution >= 0.6 is 11.3 Å². The fraction of sp³-hybridized carbons (Fsp3) is 0.176. The molecule has 0 radical (unpaired) electrons. The van der Waals surface area contributed by atoms with Crippen LogP contribution in [0.15, 0.2) is 47.5 Å². The Morgan fingerprint density at radius 2 is 1.91 bits per heavy atom. The number of amides is 2. The predicted octanol–water partition coefficient (Wildman–Crippen LogP) is 2.97. The highest BCUT2D eigenvalue weighted by Crippen LogP contribution is 2.34. The van der Waals surface area contributed by atoms with Gasteiger partial charge in [-0.1, -0.05) is 18.2 Å². The second-order valence-electron chi connectivity index (χ2n) is 4.91. The van der Waals surface area contributed by atoms with E-state index < -0.39 is 0 Å². The SMILES string of the molecule is CCN1C(=O)C(Nc2ccccc2OC)=C(c2cccs2)C1=O. The molecule has 0 atom stereocenters. The lowest BCUT2D eigenvalue weighted by molar-refractivity contribution is -0.136. The van der Waals surface area contributed by atoms with E-state index in [1.54, 1.807) is 20.1 Å². The molecule has 5 nitrogen and oxygen atoms in total. The van der Waals surface area contributed by atoms with Crippen LogP contribution < -0.4 is 10.1 Å². The number of hydrogen-bond acceptors (Lipinski definition) is 5. The molecule has 2 heterocycles. The summed E-state index contributed by atoms with van der Waals surface area (Å²) in [5, 5.41) is 4.98. The first-order valence-electron chi connectivity index (χ1n) is 7.21. The Bertz CT molecular complexity index is 781. The van der Waals surface area contributed by atoms with E-state index in [4.69, 9.17) is 4.74 Å². The van der Waals surface area contributed by atoms with Gasteiger partial charge in [-0.05, 0) is 30.5 Å². The number of thiophene rings is 1. The number of rotatable bonds is 5. The fourth-order valence-corrected chi connectivity index (χ4v) is 3.28. The van der Waals surface area contributed by atoms with Gasteiger partial charge < -0.3 is 10.1 Å².